The lowest BCUT2D eigenvalue weighted by Gasteiger charge is -2.32. The number of aromatic amines is 1. The maximum absolute atomic E-state index is 4.55. The quantitative estimate of drug-likeness (QED) is 0.788. The van der Waals surface area contributed by atoms with Crippen molar-refractivity contribution in [3.05, 3.63) is 36.9 Å². The Morgan fingerprint density at radius 3 is 2.91 bits per heavy atom. The lowest BCUT2D eigenvalue weighted by atomic mass is 10.0. The Morgan fingerprint density at radius 2 is 2.09 bits per heavy atom. The molecule has 1 fully saturated rings. The minimum absolute atomic E-state index is 0.720. The highest BCUT2D eigenvalue weighted by Crippen LogP contribution is 2.30. The van der Waals surface area contributed by atoms with E-state index in [-0.39, 0.29) is 0 Å². The molecule has 0 unspecified atom stereocenters. The number of hydrogen-bond donors (Lipinski definition) is 1. The first-order valence-corrected chi connectivity index (χ1v) is 7.80. The molecule has 0 spiro atoms. The van der Waals surface area contributed by atoms with Crippen LogP contribution in [0.4, 0.5) is 5.82 Å². The molecule has 0 bridgehead atoms. The number of anilines is 1. The highest BCUT2D eigenvalue weighted by atomic mass is 15.2. The molecule has 4 rings (SSSR count). The van der Waals surface area contributed by atoms with E-state index in [0.29, 0.717) is 0 Å². The minimum Gasteiger partial charge on any atom is -0.356 e. The van der Waals surface area contributed by atoms with Crippen LogP contribution in [0.1, 0.15) is 19.8 Å². The van der Waals surface area contributed by atoms with Gasteiger partial charge in [-0.15, -0.1) is 0 Å². The molecule has 5 nitrogen and oxygen atoms in total. The highest BCUT2D eigenvalue weighted by molar-refractivity contribution is 5.91. The number of aromatic nitrogens is 4. The molecule has 112 valence electrons. The molecule has 1 aliphatic heterocycles. The minimum atomic E-state index is 0.720. The third-order valence-corrected chi connectivity index (χ3v) is 4.35. The Hall–Kier alpha value is -2.43. The molecular formula is C17H19N5. The van der Waals surface area contributed by atoms with E-state index in [0.717, 1.165) is 47.1 Å². The van der Waals surface area contributed by atoms with E-state index < -0.39 is 0 Å². The fourth-order valence-electron chi connectivity index (χ4n) is 3.25. The zero-order valence-corrected chi connectivity index (χ0v) is 12.7. The van der Waals surface area contributed by atoms with Crippen molar-refractivity contribution in [3.63, 3.8) is 0 Å². The Bertz CT molecular complexity index is 780. The van der Waals surface area contributed by atoms with Crippen LogP contribution in [0.5, 0.6) is 0 Å². The van der Waals surface area contributed by atoms with E-state index in [9.17, 15) is 0 Å². The number of piperidine rings is 1. The van der Waals surface area contributed by atoms with Gasteiger partial charge >= 0.3 is 0 Å². The van der Waals surface area contributed by atoms with Gasteiger partial charge in [-0.3, -0.25) is 4.98 Å². The molecule has 0 amide bonds. The summed E-state index contributed by atoms with van der Waals surface area (Å²) in [4.78, 5) is 18.8. The maximum Gasteiger partial charge on any atom is 0.143 e. The molecular weight excluding hydrogens is 274 g/mol. The lowest BCUT2D eigenvalue weighted by Crippen LogP contribution is -2.34. The molecule has 22 heavy (non-hydrogen) atoms. The molecule has 5 heteroatoms. The monoisotopic (exact) mass is 293 g/mol. The zero-order chi connectivity index (χ0) is 14.9. The standard InChI is InChI=1S/C17H19N5/c1-12-3-2-8-22(10-12)17-14-9-15(13-4-6-18-7-5-13)21-16(14)19-11-20-17/h4-7,9,11-12H,2-3,8,10H2,1H3,(H,19,20,21)/t12-/m0/s1. The molecule has 1 aliphatic rings. The number of nitrogens with zero attached hydrogens (tertiary/aromatic N) is 4. The summed E-state index contributed by atoms with van der Waals surface area (Å²) in [6.07, 6.45) is 7.80. The first-order valence-electron chi connectivity index (χ1n) is 7.80. The van der Waals surface area contributed by atoms with Crippen LogP contribution in [0.25, 0.3) is 22.3 Å². The van der Waals surface area contributed by atoms with Crippen molar-refractivity contribution in [2.75, 3.05) is 18.0 Å². The zero-order valence-electron chi connectivity index (χ0n) is 12.7. The molecule has 4 heterocycles. The average Bonchev–Trinajstić information content (AvgIpc) is 3.00. The van der Waals surface area contributed by atoms with Gasteiger partial charge in [0.2, 0.25) is 0 Å². The van der Waals surface area contributed by atoms with Gasteiger partial charge in [0.15, 0.2) is 0 Å². The number of hydrogen-bond acceptors (Lipinski definition) is 4. The second kappa shape index (κ2) is 5.40. The van der Waals surface area contributed by atoms with Gasteiger partial charge in [0.1, 0.15) is 17.8 Å². The van der Waals surface area contributed by atoms with Crippen molar-refractivity contribution in [2.24, 2.45) is 5.92 Å². The van der Waals surface area contributed by atoms with E-state index in [1.807, 2.05) is 12.1 Å². The van der Waals surface area contributed by atoms with Crippen LogP contribution in [0.3, 0.4) is 0 Å². The number of nitrogens with one attached hydrogen (secondary N) is 1. The van der Waals surface area contributed by atoms with Crippen molar-refractivity contribution in [1.82, 2.24) is 19.9 Å². The van der Waals surface area contributed by atoms with Gasteiger partial charge in [0.25, 0.3) is 0 Å². The number of fused-ring (bicyclic) bond motifs is 1. The Kier molecular flexibility index (Phi) is 3.25. The second-order valence-electron chi connectivity index (χ2n) is 6.07. The first kappa shape index (κ1) is 13.2. The SMILES string of the molecule is C[C@H]1CCCN(c2ncnc3[nH]c(-c4ccncc4)cc23)C1. The van der Waals surface area contributed by atoms with E-state index in [1.54, 1.807) is 18.7 Å². The molecule has 0 aliphatic carbocycles. The van der Waals surface area contributed by atoms with E-state index in [1.165, 1.54) is 12.8 Å². The third-order valence-electron chi connectivity index (χ3n) is 4.35. The fraction of sp³-hybridized carbons (Fsp3) is 0.353. The van der Waals surface area contributed by atoms with Gasteiger partial charge in [0, 0.05) is 36.7 Å². The summed E-state index contributed by atoms with van der Waals surface area (Å²) in [5.41, 5.74) is 3.07. The molecule has 0 aromatic carbocycles. The van der Waals surface area contributed by atoms with Crippen LogP contribution >= 0.6 is 0 Å². The lowest BCUT2D eigenvalue weighted by molar-refractivity contribution is 0.445. The van der Waals surface area contributed by atoms with E-state index in [4.69, 9.17) is 0 Å². The molecule has 0 saturated carbocycles. The number of H-pyrrole nitrogens is 1. The van der Waals surface area contributed by atoms with Crippen LogP contribution in [0.15, 0.2) is 36.9 Å². The predicted molar refractivity (Wildman–Crippen MR) is 87.7 cm³/mol. The fourth-order valence-corrected chi connectivity index (χ4v) is 3.25. The molecule has 3 aromatic heterocycles. The molecule has 1 saturated heterocycles. The highest BCUT2D eigenvalue weighted by Gasteiger charge is 2.20. The van der Waals surface area contributed by atoms with Crippen molar-refractivity contribution < 1.29 is 0 Å². The Morgan fingerprint density at radius 1 is 1.23 bits per heavy atom. The van der Waals surface area contributed by atoms with Crippen LogP contribution in [-0.2, 0) is 0 Å². The van der Waals surface area contributed by atoms with Crippen molar-refractivity contribution in [1.29, 1.82) is 0 Å². The van der Waals surface area contributed by atoms with Gasteiger partial charge in [-0.05, 0) is 37.0 Å². The van der Waals surface area contributed by atoms with Gasteiger partial charge in [-0.1, -0.05) is 6.92 Å². The van der Waals surface area contributed by atoms with Gasteiger partial charge in [-0.2, -0.15) is 0 Å². The molecule has 1 atom stereocenters. The Labute approximate surface area is 129 Å². The van der Waals surface area contributed by atoms with Crippen molar-refractivity contribution in [2.45, 2.75) is 19.8 Å². The van der Waals surface area contributed by atoms with Gasteiger partial charge in [-0.25, -0.2) is 9.97 Å². The summed E-state index contributed by atoms with van der Waals surface area (Å²) in [6.45, 7) is 4.46. The van der Waals surface area contributed by atoms with Gasteiger partial charge in [0.05, 0.1) is 5.39 Å². The van der Waals surface area contributed by atoms with E-state index >= 15 is 0 Å². The number of pyridine rings is 1. The summed E-state index contributed by atoms with van der Waals surface area (Å²) in [7, 11) is 0. The predicted octanol–water partition coefficient (Wildman–Crippen LogP) is 3.26. The molecule has 0 radical (unpaired) electrons. The summed E-state index contributed by atoms with van der Waals surface area (Å²) < 4.78 is 0. The number of rotatable bonds is 2. The van der Waals surface area contributed by atoms with Crippen molar-refractivity contribution in [3.8, 4) is 11.3 Å². The summed E-state index contributed by atoms with van der Waals surface area (Å²) in [5, 5.41) is 1.10. The van der Waals surface area contributed by atoms with Crippen LogP contribution < -0.4 is 4.90 Å². The smallest absolute Gasteiger partial charge is 0.143 e. The molecule has 1 N–H and O–H groups in total. The van der Waals surface area contributed by atoms with E-state index in [2.05, 4.69) is 37.8 Å². The average molecular weight is 293 g/mol. The summed E-state index contributed by atoms with van der Waals surface area (Å²) >= 11 is 0. The largest absolute Gasteiger partial charge is 0.356 e. The van der Waals surface area contributed by atoms with Gasteiger partial charge < -0.3 is 9.88 Å². The van der Waals surface area contributed by atoms with Crippen LogP contribution in [0, 0.1) is 5.92 Å². The molecule has 3 aromatic rings. The first-order chi connectivity index (χ1) is 10.8. The topological polar surface area (TPSA) is 57.7 Å². The van der Waals surface area contributed by atoms with Crippen LogP contribution in [-0.4, -0.2) is 33.0 Å². The second-order valence-corrected chi connectivity index (χ2v) is 6.07. The summed E-state index contributed by atoms with van der Waals surface area (Å²) in [6, 6.07) is 6.15. The summed E-state index contributed by atoms with van der Waals surface area (Å²) in [5.74, 6) is 1.77. The van der Waals surface area contributed by atoms with Crippen LogP contribution in [0.2, 0.25) is 0 Å². The third kappa shape index (κ3) is 2.32. The normalized spacial score (nSPS) is 18.8. The Balaban J connectivity index is 1.78. The maximum atomic E-state index is 4.55. The van der Waals surface area contributed by atoms with Crippen molar-refractivity contribution >= 4 is 16.9 Å².